The van der Waals surface area contributed by atoms with Gasteiger partial charge in [-0.1, -0.05) is 0 Å². The third-order valence-corrected chi connectivity index (χ3v) is 3.26. The Labute approximate surface area is 73.3 Å². The molecule has 2 unspecified atom stereocenters. The molecule has 2 fully saturated rings. The van der Waals surface area contributed by atoms with Gasteiger partial charge >= 0.3 is 5.97 Å². The summed E-state index contributed by atoms with van der Waals surface area (Å²) in [5.41, 5.74) is -0.135. The average molecular weight is 168 g/mol. The van der Waals surface area contributed by atoms with Crippen molar-refractivity contribution < 1.29 is 9.53 Å². The maximum Gasteiger partial charge on any atom is 0.311 e. The van der Waals surface area contributed by atoms with Gasteiger partial charge in [-0.2, -0.15) is 0 Å². The van der Waals surface area contributed by atoms with Crippen molar-refractivity contribution in [2.24, 2.45) is 17.3 Å². The van der Waals surface area contributed by atoms with Crippen LogP contribution in [0.15, 0.2) is 0 Å². The van der Waals surface area contributed by atoms with Gasteiger partial charge < -0.3 is 4.74 Å². The summed E-state index contributed by atoms with van der Waals surface area (Å²) in [7, 11) is 0. The molecule has 2 nitrogen and oxygen atoms in total. The Bertz CT molecular complexity index is 200. The van der Waals surface area contributed by atoms with Crippen molar-refractivity contribution in [2.75, 3.05) is 6.61 Å². The van der Waals surface area contributed by atoms with Crippen LogP contribution in [0, 0.1) is 17.3 Å². The van der Waals surface area contributed by atoms with E-state index in [-0.39, 0.29) is 11.4 Å². The summed E-state index contributed by atoms with van der Waals surface area (Å²) in [4.78, 5) is 11.5. The monoisotopic (exact) mass is 168 g/mol. The molecule has 2 aliphatic rings. The zero-order valence-corrected chi connectivity index (χ0v) is 7.80. The molecule has 2 rings (SSSR count). The molecule has 2 aliphatic carbocycles. The van der Waals surface area contributed by atoms with Gasteiger partial charge in [0.2, 0.25) is 0 Å². The summed E-state index contributed by atoms with van der Waals surface area (Å²) in [5.74, 6) is 1.72. The number of carbonyl (C=O) groups is 1. The van der Waals surface area contributed by atoms with E-state index in [2.05, 4.69) is 6.92 Å². The molecule has 0 aromatic carbocycles. The Morgan fingerprint density at radius 3 is 2.58 bits per heavy atom. The Morgan fingerprint density at radius 1 is 1.50 bits per heavy atom. The molecule has 2 atom stereocenters. The molecule has 0 aromatic heterocycles. The van der Waals surface area contributed by atoms with E-state index < -0.39 is 0 Å². The van der Waals surface area contributed by atoms with Crippen LogP contribution in [0.3, 0.4) is 0 Å². The summed E-state index contributed by atoms with van der Waals surface area (Å²) in [6, 6.07) is 0. The van der Waals surface area contributed by atoms with Crippen LogP contribution in [-0.4, -0.2) is 12.6 Å². The van der Waals surface area contributed by atoms with E-state index in [4.69, 9.17) is 4.74 Å². The molecule has 0 bridgehead atoms. The van der Waals surface area contributed by atoms with Crippen LogP contribution in [0.1, 0.15) is 33.1 Å². The SMILES string of the molecule is CCOC(=O)C1(C)CC2CC2C1. The number of esters is 1. The standard InChI is InChI=1S/C10H16O2/c1-3-12-9(11)10(2)5-7-4-8(7)6-10/h7-8H,3-6H2,1-2H3. The molecule has 0 heterocycles. The van der Waals surface area contributed by atoms with Gasteiger partial charge in [0.25, 0.3) is 0 Å². The highest BCUT2D eigenvalue weighted by molar-refractivity contribution is 5.77. The zero-order valence-electron chi connectivity index (χ0n) is 7.80. The van der Waals surface area contributed by atoms with E-state index in [1.807, 2.05) is 6.92 Å². The lowest BCUT2D eigenvalue weighted by Gasteiger charge is -2.22. The number of hydrogen-bond acceptors (Lipinski definition) is 2. The first-order valence-electron chi connectivity index (χ1n) is 4.83. The molecule has 68 valence electrons. The number of hydrogen-bond donors (Lipinski definition) is 0. The van der Waals surface area contributed by atoms with E-state index in [0.717, 1.165) is 24.7 Å². The number of carbonyl (C=O) groups excluding carboxylic acids is 1. The Morgan fingerprint density at radius 2 is 2.08 bits per heavy atom. The zero-order chi connectivity index (χ0) is 8.77. The van der Waals surface area contributed by atoms with Crippen molar-refractivity contribution in [2.45, 2.75) is 33.1 Å². The lowest BCUT2D eigenvalue weighted by molar-refractivity contribution is -0.154. The van der Waals surface area contributed by atoms with Gasteiger partial charge in [0.05, 0.1) is 12.0 Å². The molecule has 2 heteroatoms. The molecule has 0 N–H and O–H groups in total. The van der Waals surface area contributed by atoms with Crippen LogP contribution >= 0.6 is 0 Å². The summed E-state index contributed by atoms with van der Waals surface area (Å²) in [6.07, 6.45) is 3.49. The van der Waals surface area contributed by atoms with E-state index in [1.54, 1.807) is 0 Å². The van der Waals surface area contributed by atoms with Crippen LogP contribution < -0.4 is 0 Å². The Hall–Kier alpha value is -0.530. The fourth-order valence-electron chi connectivity index (χ4n) is 2.52. The van der Waals surface area contributed by atoms with Crippen LogP contribution in [-0.2, 0) is 9.53 Å². The quantitative estimate of drug-likeness (QED) is 0.589. The predicted molar refractivity (Wildman–Crippen MR) is 45.6 cm³/mol. The van der Waals surface area contributed by atoms with Crippen LogP contribution in [0.25, 0.3) is 0 Å². The second-order valence-electron chi connectivity index (χ2n) is 4.45. The molecule has 12 heavy (non-hydrogen) atoms. The first-order chi connectivity index (χ1) is 5.65. The topological polar surface area (TPSA) is 26.3 Å². The fraction of sp³-hybridized carbons (Fsp3) is 0.900. The van der Waals surface area contributed by atoms with E-state index in [0.29, 0.717) is 6.61 Å². The summed E-state index contributed by atoms with van der Waals surface area (Å²) in [6.45, 7) is 4.44. The molecule has 0 aliphatic heterocycles. The highest BCUT2D eigenvalue weighted by atomic mass is 16.5. The van der Waals surface area contributed by atoms with Gasteiger partial charge in [0.15, 0.2) is 0 Å². The number of fused-ring (bicyclic) bond motifs is 1. The summed E-state index contributed by atoms with van der Waals surface area (Å²) in [5, 5.41) is 0. The van der Waals surface area contributed by atoms with Crippen molar-refractivity contribution in [1.29, 1.82) is 0 Å². The second kappa shape index (κ2) is 2.48. The first-order valence-corrected chi connectivity index (χ1v) is 4.83. The van der Waals surface area contributed by atoms with Gasteiger partial charge in [-0.15, -0.1) is 0 Å². The van der Waals surface area contributed by atoms with E-state index in [1.165, 1.54) is 6.42 Å². The van der Waals surface area contributed by atoms with Crippen molar-refractivity contribution in [1.82, 2.24) is 0 Å². The minimum atomic E-state index is -0.135. The van der Waals surface area contributed by atoms with E-state index in [9.17, 15) is 4.79 Å². The van der Waals surface area contributed by atoms with Crippen LogP contribution in [0.5, 0.6) is 0 Å². The van der Waals surface area contributed by atoms with Crippen molar-refractivity contribution >= 4 is 5.97 Å². The lowest BCUT2D eigenvalue weighted by Crippen LogP contribution is -2.28. The highest BCUT2D eigenvalue weighted by Gasteiger charge is 2.55. The summed E-state index contributed by atoms with van der Waals surface area (Å²) >= 11 is 0. The van der Waals surface area contributed by atoms with Gasteiger partial charge in [-0.25, -0.2) is 0 Å². The third kappa shape index (κ3) is 1.13. The minimum Gasteiger partial charge on any atom is -0.466 e. The highest BCUT2D eigenvalue weighted by Crippen LogP contribution is 2.60. The lowest BCUT2D eigenvalue weighted by atomic mass is 9.85. The molecule has 0 aromatic rings. The molecule has 0 amide bonds. The molecule has 0 saturated heterocycles. The molecule has 2 saturated carbocycles. The van der Waals surface area contributed by atoms with Gasteiger partial charge in [0.1, 0.15) is 0 Å². The normalized spacial score (nSPS) is 43.8. The van der Waals surface area contributed by atoms with Crippen molar-refractivity contribution in [3.05, 3.63) is 0 Å². The molecular formula is C10H16O2. The minimum absolute atomic E-state index is 0.0252. The Balaban J connectivity index is 1.97. The molecular weight excluding hydrogens is 152 g/mol. The Kier molecular flexibility index (Phi) is 1.67. The third-order valence-electron chi connectivity index (χ3n) is 3.26. The van der Waals surface area contributed by atoms with Crippen LogP contribution in [0.2, 0.25) is 0 Å². The second-order valence-corrected chi connectivity index (χ2v) is 4.45. The van der Waals surface area contributed by atoms with Crippen LogP contribution in [0.4, 0.5) is 0 Å². The van der Waals surface area contributed by atoms with Crippen molar-refractivity contribution in [3.8, 4) is 0 Å². The maximum atomic E-state index is 11.5. The van der Waals surface area contributed by atoms with E-state index >= 15 is 0 Å². The summed E-state index contributed by atoms with van der Waals surface area (Å²) < 4.78 is 5.06. The number of rotatable bonds is 2. The molecule has 0 spiro atoms. The van der Waals surface area contributed by atoms with Crippen molar-refractivity contribution in [3.63, 3.8) is 0 Å². The smallest absolute Gasteiger partial charge is 0.311 e. The van der Waals surface area contributed by atoms with Gasteiger partial charge in [0, 0.05) is 0 Å². The van der Waals surface area contributed by atoms with Gasteiger partial charge in [-0.3, -0.25) is 4.79 Å². The van der Waals surface area contributed by atoms with Gasteiger partial charge in [-0.05, 0) is 44.9 Å². The fourth-order valence-corrected chi connectivity index (χ4v) is 2.52. The molecule has 0 radical (unpaired) electrons. The first kappa shape index (κ1) is 8.09. The predicted octanol–water partition coefficient (Wildman–Crippen LogP) is 1.99. The number of ether oxygens (including phenoxy) is 1. The average Bonchev–Trinajstić information content (AvgIpc) is 2.61. The maximum absolute atomic E-state index is 11.5. The largest absolute Gasteiger partial charge is 0.466 e.